The summed E-state index contributed by atoms with van der Waals surface area (Å²) in [5.74, 6) is -0.540. The van der Waals surface area contributed by atoms with E-state index in [1.165, 1.54) is 4.57 Å². The maximum Gasteiger partial charge on any atom is 0.328 e. The van der Waals surface area contributed by atoms with Crippen LogP contribution in [0, 0.1) is 0 Å². The first-order chi connectivity index (χ1) is 12.6. The Balaban J connectivity index is 1.86. The maximum absolute atomic E-state index is 12.9. The number of H-pyrrole nitrogens is 1. The number of esters is 1. The maximum atomic E-state index is 12.9. The molecule has 3 N–H and O–H groups in total. The van der Waals surface area contributed by atoms with E-state index in [-0.39, 0.29) is 29.9 Å². The summed E-state index contributed by atoms with van der Waals surface area (Å²) < 4.78 is 6.32. The lowest BCUT2D eigenvalue weighted by molar-refractivity contribution is -0.147. The predicted molar refractivity (Wildman–Crippen MR) is 95.1 cm³/mol. The molecular weight excluding hydrogens is 338 g/mol. The van der Waals surface area contributed by atoms with Gasteiger partial charge in [0.1, 0.15) is 6.04 Å². The summed E-state index contributed by atoms with van der Waals surface area (Å²) in [5.41, 5.74) is 0.547. The average Bonchev–Trinajstić information content (AvgIpc) is 3.03. The number of aliphatic hydroxyl groups is 1. The molecule has 8 nitrogen and oxygen atoms in total. The van der Waals surface area contributed by atoms with E-state index in [1.54, 1.807) is 6.92 Å². The van der Waals surface area contributed by atoms with Gasteiger partial charge in [-0.05, 0) is 32.6 Å². The molecule has 0 spiro atoms. The molecule has 1 saturated carbocycles. The highest BCUT2D eigenvalue weighted by Crippen LogP contribution is 2.29. The molecule has 0 bridgehead atoms. The van der Waals surface area contributed by atoms with Gasteiger partial charge in [-0.3, -0.25) is 19.5 Å². The van der Waals surface area contributed by atoms with Crippen LogP contribution in [0.3, 0.4) is 0 Å². The van der Waals surface area contributed by atoms with Gasteiger partial charge in [0.15, 0.2) is 0 Å². The number of aromatic nitrogens is 2. The Labute approximate surface area is 151 Å². The van der Waals surface area contributed by atoms with Crippen molar-refractivity contribution in [1.82, 2.24) is 14.9 Å². The van der Waals surface area contributed by atoms with Gasteiger partial charge in [-0.25, -0.2) is 4.79 Å². The summed E-state index contributed by atoms with van der Waals surface area (Å²) in [6.07, 6.45) is 6.07. The molecule has 0 aliphatic heterocycles. The lowest BCUT2D eigenvalue weighted by atomic mass is 9.95. The van der Waals surface area contributed by atoms with E-state index in [4.69, 9.17) is 4.74 Å². The summed E-state index contributed by atoms with van der Waals surface area (Å²) >= 11 is 0. The minimum Gasteiger partial charge on any atom is -0.465 e. The SMILES string of the molecule is CCOC(=O)[C@@H](CO)N[C@@H]1CCc2c1[nH]c(=O)n(C1CCCCC1)c2=O. The Morgan fingerprint density at radius 3 is 2.69 bits per heavy atom. The third-order valence-corrected chi connectivity index (χ3v) is 5.39. The van der Waals surface area contributed by atoms with Crippen LogP contribution >= 0.6 is 0 Å². The van der Waals surface area contributed by atoms with Crippen molar-refractivity contribution in [3.63, 3.8) is 0 Å². The molecule has 0 unspecified atom stereocenters. The molecule has 2 aliphatic rings. The predicted octanol–water partition coefficient (Wildman–Crippen LogP) is 0.543. The molecule has 0 saturated heterocycles. The fourth-order valence-electron chi connectivity index (χ4n) is 4.09. The van der Waals surface area contributed by atoms with Crippen LogP contribution in [0.4, 0.5) is 0 Å². The van der Waals surface area contributed by atoms with E-state index < -0.39 is 18.6 Å². The highest BCUT2D eigenvalue weighted by molar-refractivity contribution is 5.76. The number of aliphatic hydroxyl groups excluding tert-OH is 1. The third-order valence-electron chi connectivity index (χ3n) is 5.39. The van der Waals surface area contributed by atoms with E-state index >= 15 is 0 Å². The first-order valence-electron chi connectivity index (χ1n) is 9.48. The number of nitrogens with one attached hydrogen (secondary N) is 2. The number of rotatable bonds is 6. The second-order valence-corrected chi connectivity index (χ2v) is 7.03. The van der Waals surface area contributed by atoms with Crippen LogP contribution in [0.2, 0.25) is 0 Å². The van der Waals surface area contributed by atoms with Gasteiger partial charge in [0, 0.05) is 23.3 Å². The zero-order valence-electron chi connectivity index (χ0n) is 15.1. The average molecular weight is 365 g/mol. The number of fused-ring (bicyclic) bond motifs is 1. The van der Waals surface area contributed by atoms with Crippen molar-refractivity contribution in [2.75, 3.05) is 13.2 Å². The van der Waals surface area contributed by atoms with Crippen molar-refractivity contribution >= 4 is 5.97 Å². The summed E-state index contributed by atoms with van der Waals surface area (Å²) in [4.78, 5) is 40.2. The minimum absolute atomic E-state index is 0.0259. The van der Waals surface area contributed by atoms with Crippen LogP contribution in [0.15, 0.2) is 9.59 Å². The van der Waals surface area contributed by atoms with Gasteiger partial charge in [-0.2, -0.15) is 0 Å². The van der Waals surface area contributed by atoms with E-state index in [2.05, 4.69) is 10.3 Å². The lowest BCUT2D eigenvalue weighted by Gasteiger charge is -2.24. The molecule has 1 aromatic heterocycles. The van der Waals surface area contributed by atoms with Crippen LogP contribution in [0.25, 0.3) is 0 Å². The normalized spacial score (nSPS) is 21.4. The molecule has 1 aromatic rings. The standard InChI is InChI=1S/C18H27N3O5/c1-2-26-17(24)14(10-22)19-13-9-8-12-15(13)20-18(25)21(16(12)23)11-6-4-3-5-7-11/h11,13-14,19,22H,2-10H2,1H3,(H,20,25)/t13-,14-/m1/s1. The molecule has 8 heteroatoms. The zero-order chi connectivity index (χ0) is 18.7. The Morgan fingerprint density at radius 2 is 2.04 bits per heavy atom. The van der Waals surface area contributed by atoms with E-state index in [0.29, 0.717) is 24.1 Å². The number of ether oxygens (including phenoxy) is 1. The molecule has 3 rings (SSSR count). The van der Waals surface area contributed by atoms with Crippen molar-refractivity contribution < 1.29 is 14.6 Å². The molecule has 0 radical (unpaired) electrons. The first-order valence-corrected chi connectivity index (χ1v) is 9.48. The number of carbonyl (C=O) groups excluding carboxylic acids is 1. The fraction of sp³-hybridized carbons (Fsp3) is 0.722. The Kier molecular flexibility index (Phi) is 5.93. The molecule has 144 valence electrons. The highest BCUT2D eigenvalue weighted by atomic mass is 16.5. The second-order valence-electron chi connectivity index (χ2n) is 7.03. The molecule has 1 heterocycles. The topological polar surface area (TPSA) is 113 Å². The number of aromatic amines is 1. The Bertz CT molecular complexity index is 763. The van der Waals surface area contributed by atoms with Crippen molar-refractivity contribution in [3.05, 3.63) is 32.1 Å². The smallest absolute Gasteiger partial charge is 0.328 e. The van der Waals surface area contributed by atoms with Crippen LogP contribution in [-0.4, -0.2) is 39.9 Å². The zero-order valence-corrected chi connectivity index (χ0v) is 15.1. The van der Waals surface area contributed by atoms with E-state index in [9.17, 15) is 19.5 Å². The molecule has 26 heavy (non-hydrogen) atoms. The van der Waals surface area contributed by atoms with Crippen LogP contribution in [-0.2, 0) is 16.0 Å². The largest absolute Gasteiger partial charge is 0.465 e. The summed E-state index contributed by atoms with van der Waals surface area (Å²) in [5, 5.41) is 12.5. The highest BCUT2D eigenvalue weighted by Gasteiger charge is 2.32. The van der Waals surface area contributed by atoms with Gasteiger partial charge < -0.3 is 14.8 Å². The van der Waals surface area contributed by atoms with Crippen molar-refractivity contribution in [2.45, 2.75) is 70.0 Å². The summed E-state index contributed by atoms with van der Waals surface area (Å²) in [7, 11) is 0. The Morgan fingerprint density at radius 1 is 1.31 bits per heavy atom. The van der Waals surface area contributed by atoms with Gasteiger partial charge in [-0.15, -0.1) is 0 Å². The fourth-order valence-corrected chi connectivity index (χ4v) is 4.09. The number of nitrogens with zero attached hydrogens (tertiary/aromatic N) is 1. The molecular formula is C18H27N3O5. The quantitative estimate of drug-likeness (QED) is 0.634. The van der Waals surface area contributed by atoms with Gasteiger partial charge in [0.25, 0.3) is 5.56 Å². The number of carbonyl (C=O) groups is 1. The first kappa shape index (κ1) is 18.8. The number of hydrogen-bond donors (Lipinski definition) is 3. The van der Waals surface area contributed by atoms with E-state index in [0.717, 1.165) is 32.1 Å². The van der Waals surface area contributed by atoms with Crippen LogP contribution in [0.5, 0.6) is 0 Å². The molecule has 2 aliphatic carbocycles. The number of hydrogen-bond acceptors (Lipinski definition) is 6. The second kappa shape index (κ2) is 8.18. The minimum atomic E-state index is -0.879. The van der Waals surface area contributed by atoms with Gasteiger partial charge in [-0.1, -0.05) is 19.3 Å². The van der Waals surface area contributed by atoms with Crippen molar-refractivity contribution in [1.29, 1.82) is 0 Å². The third kappa shape index (κ3) is 3.61. The molecule has 2 atom stereocenters. The molecule has 1 fully saturated rings. The van der Waals surface area contributed by atoms with Crippen molar-refractivity contribution in [2.24, 2.45) is 0 Å². The van der Waals surface area contributed by atoms with Crippen LogP contribution < -0.4 is 16.6 Å². The van der Waals surface area contributed by atoms with Crippen LogP contribution in [0.1, 0.15) is 68.8 Å². The molecule has 0 amide bonds. The monoisotopic (exact) mass is 365 g/mol. The van der Waals surface area contributed by atoms with Gasteiger partial charge >= 0.3 is 11.7 Å². The molecule has 0 aromatic carbocycles. The summed E-state index contributed by atoms with van der Waals surface area (Å²) in [6.45, 7) is 1.51. The van der Waals surface area contributed by atoms with Gasteiger partial charge in [0.2, 0.25) is 0 Å². The Hall–Kier alpha value is -1.93. The lowest BCUT2D eigenvalue weighted by Crippen LogP contribution is -2.44. The van der Waals surface area contributed by atoms with Gasteiger partial charge in [0.05, 0.1) is 13.2 Å². The van der Waals surface area contributed by atoms with E-state index in [1.807, 2.05) is 0 Å². The van der Waals surface area contributed by atoms with Crippen molar-refractivity contribution in [3.8, 4) is 0 Å². The summed E-state index contributed by atoms with van der Waals surface area (Å²) in [6, 6.07) is -1.26.